The minimum Gasteiger partial charge on any atom is -0.349 e. The zero-order valence-corrected chi connectivity index (χ0v) is 12.3. The summed E-state index contributed by atoms with van der Waals surface area (Å²) in [6.45, 7) is 9.55. The highest BCUT2D eigenvalue weighted by Crippen LogP contribution is 2.22. The van der Waals surface area contributed by atoms with E-state index in [1.54, 1.807) is 11.3 Å². The number of rotatable bonds is 4. The molecule has 1 saturated heterocycles. The van der Waals surface area contributed by atoms with Crippen LogP contribution in [0.2, 0.25) is 0 Å². The maximum absolute atomic E-state index is 5.64. The number of aromatic nitrogens is 1. The maximum Gasteiger partial charge on any atom is 0.162 e. The van der Waals surface area contributed by atoms with E-state index >= 15 is 0 Å². The van der Waals surface area contributed by atoms with E-state index in [1.165, 1.54) is 4.88 Å². The normalized spacial score (nSPS) is 22.0. The summed E-state index contributed by atoms with van der Waals surface area (Å²) in [6, 6.07) is 0.482. The fourth-order valence-corrected chi connectivity index (χ4v) is 2.77. The van der Waals surface area contributed by atoms with Crippen LogP contribution < -0.4 is 5.32 Å². The van der Waals surface area contributed by atoms with Crippen molar-refractivity contribution in [1.29, 1.82) is 0 Å². The third-order valence-electron chi connectivity index (χ3n) is 3.04. The van der Waals surface area contributed by atoms with Crippen molar-refractivity contribution in [3.05, 3.63) is 16.1 Å². The first-order chi connectivity index (χ1) is 8.50. The van der Waals surface area contributed by atoms with Gasteiger partial charge in [-0.1, -0.05) is 6.92 Å². The van der Waals surface area contributed by atoms with E-state index in [4.69, 9.17) is 9.47 Å². The summed E-state index contributed by atoms with van der Waals surface area (Å²) in [4.78, 5) is 5.78. The molecule has 1 aliphatic rings. The van der Waals surface area contributed by atoms with Gasteiger partial charge in [-0.15, -0.1) is 11.3 Å². The zero-order valence-electron chi connectivity index (χ0n) is 11.5. The zero-order chi connectivity index (χ0) is 13.2. The topological polar surface area (TPSA) is 43.4 Å². The van der Waals surface area contributed by atoms with Gasteiger partial charge in [0, 0.05) is 11.1 Å². The van der Waals surface area contributed by atoms with Gasteiger partial charge in [-0.25, -0.2) is 4.98 Å². The molecule has 18 heavy (non-hydrogen) atoms. The molecule has 0 spiro atoms. The largest absolute Gasteiger partial charge is 0.349 e. The molecule has 2 heterocycles. The average Bonchev–Trinajstić information content (AvgIpc) is 2.80. The lowest BCUT2D eigenvalue weighted by molar-refractivity contribution is -0.253. The summed E-state index contributed by atoms with van der Waals surface area (Å²) in [5.74, 6) is -0.446. The van der Waals surface area contributed by atoms with Crippen LogP contribution >= 0.6 is 11.3 Å². The number of nitrogens with zero attached hydrogens (tertiary/aromatic N) is 1. The predicted octanol–water partition coefficient (Wildman–Crippen LogP) is 2.51. The molecule has 0 amide bonds. The molecule has 1 fully saturated rings. The van der Waals surface area contributed by atoms with Gasteiger partial charge >= 0.3 is 0 Å². The van der Waals surface area contributed by atoms with E-state index < -0.39 is 5.79 Å². The standard InChI is InChI=1S/C13H22N2O2S/c1-5-11-6-14-12(18-11)9(2)15-10-7-16-13(3,4)17-8-10/h6,9-10,15H,5,7-8H2,1-4H3. The fraction of sp³-hybridized carbons (Fsp3) is 0.769. The maximum atomic E-state index is 5.64. The van der Waals surface area contributed by atoms with E-state index in [2.05, 4.69) is 24.1 Å². The molecule has 1 N–H and O–H groups in total. The quantitative estimate of drug-likeness (QED) is 0.913. The van der Waals surface area contributed by atoms with Crippen molar-refractivity contribution in [1.82, 2.24) is 10.3 Å². The Morgan fingerprint density at radius 3 is 2.72 bits per heavy atom. The Morgan fingerprint density at radius 2 is 2.17 bits per heavy atom. The van der Waals surface area contributed by atoms with Crippen LogP contribution in [-0.2, 0) is 15.9 Å². The molecule has 1 aromatic rings. The Morgan fingerprint density at radius 1 is 1.50 bits per heavy atom. The first-order valence-corrected chi connectivity index (χ1v) is 7.30. The first-order valence-electron chi connectivity index (χ1n) is 6.48. The summed E-state index contributed by atoms with van der Waals surface area (Å²) in [6.07, 6.45) is 3.02. The molecular formula is C13H22N2O2S. The van der Waals surface area contributed by atoms with Gasteiger partial charge in [0.15, 0.2) is 5.79 Å². The minimum absolute atomic E-state index is 0.238. The molecule has 1 aliphatic heterocycles. The molecule has 4 nitrogen and oxygen atoms in total. The number of nitrogens with one attached hydrogen (secondary N) is 1. The molecule has 0 aliphatic carbocycles. The van der Waals surface area contributed by atoms with Crippen LogP contribution in [0.1, 0.15) is 43.6 Å². The molecule has 102 valence electrons. The van der Waals surface area contributed by atoms with Crippen molar-refractivity contribution in [2.24, 2.45) is 0 Å². The van der Waals surface area contributed by atoms with Crippen LogP contribution in [0.5, 0.6) is 0 Å². The summed E-state index contributed by atoms with van der Waals surface area (Å²) < 4.78 is 11.3. The molecule has 0 aromatic carbocycles. The van der Waals surface area contributed by atoms with Crippen LogP contribution in [0.4, 0.5) is 0 Å². The molecule has 5 heteroatoms. The Labute approximate surface area is 113 Å². The molecule has 0 bridgehead atoms. The van der Waals surface area contributed by atoms with E-state index in [0.29, 0.717) is 13.2 Å². The van der Waals surface area contributed by atoms with Crippen molar-refractivity contribution in [2.75, 3.05) is 13.2 Å². The van der Waals surface area contributed by atoms with Gasteiger partial charge < -0.3 is 14.8 Å². The highest BCUT2D eigenvalue weighted by Gasteiger charge is 2.29. The summed E-state index contributed by atoms with van der Waals surface area (Å²) >= 11 is 1.77. The number of ether oxygens (including phenoxy) is 2. The van der Waals surface area contributed by atoms with Crippen molar-refractivity contribution in [3.63, 3.8) is 0 Å². The lowest BCUT2D eigenvalue weighted by Crippen LogP contribution is -2.49. The molecule has 1 unspecified atom stereocenters. The highest BCUT2D eigenvalue weighted by molar-refractivity contribution is 7.11. The SMILES string of the molecule is CCc1cnc(C(C)NC2COC(C)(C)OC2)s1. The summed E-state index contributed by atoms with van der Waals surface area (Å²) in [5, 5.41) is 4.64. The first kappa shape index (κ1) is 13.9. The Bertz CT molecular complexity index is 382. The van der Waals surface area contributed by atoms with Gasteiger partial charge in [0.1, 0.15) is 5.01 Å². The summed E-state index contributed by atoms with van der Waals surface area (Å²) in [7, 11) is 0. The lowest BCUT2D eigenvalue weighted by Gasteiger charge is -2.36. The van der Waals surface area contributed by atoms with Crippen LogP contribution in [-0.4, -0.2) is 30.0 Å². The van der Waals surface area contributed by atoms with Crippen LogP contribution in [0.15, 0.2) is 6.20 Å². The van der Waals surface area contributed by atoms with E-state index in [9.17, 15) is 0 Å². The molecule has 1 atom stereocenters. The van der Waals surface area contributed by atoms with Crippen LogP contribution in [0.25, 0.3) is 0 Å². The average molecular weight is 270 g/mol. The van der Waals surface area contributed by atoms with Crippen LogP contribution in [0, 0.1) is 0 Å². The molecule has 2 rings (SSSR count). The van der Waals surface area contributed by atoms with E-state index in [-0.39, 0.29) is 12.1 Å². The molecule has 0 radical (unpaired) electrons. The monoisotopic (exact) mass is 270 g/mol. The number of thiazole rings is 1. The predicted molar refractivity (Wildman–Crippen MR) is 72.8 cm³/mol. The van der Waals surface area contributed by atoms with Gasteiger partial charge in [-0.3, -0.25) is 0 Å². The van der Waals surface area contributed by atoms with Crippen LogP contribution in [0.3, 0.4) is 0 Å². The van der Waals surface area contributed by atoms with Crippen molar-refractivity contribution < 1.29 is 9.47 Å². The van der Waals surface area contributed by atoms with Gasteiger partial charge in [0.25, 0.3) is 0 Å². The number of hydrogen-bond acceptors (Lipinski definition) is 5. The molecule has 0 saturated carbocycles. The Kier molecular flexibility index (Phi) is 4.37. The highest BCUT2D eigenvalue weighted by atomic mass is 32.1. The van der Waals surface area contributed by atoms with Gasteiger partial charge in [-0.2, -0.15) is 0 Å². The fourth-order valence-electron chi connectivity index (χ4n) is 1.90. The molecule has 1 aromatic heterocycles. The second-order valence-electron chi connectivity index (χ2n) is 5.13. The van der Waals surface area contributed by atoms with Crippen molar-refractivity contribution in [3.8, 4) is 0 Å². The van der Waals surface area contributed by atoms with Crippen molar-refractivity contribution >= 4 is 11.3 Å². The van der Waals surface area contributed by atoms with E-state index in [0.717, 1.165) is 11.4 Å². The second-order valence-corrected chi connectivity index (χ2v) is 6.27. The minimum atomic E-state index is -0.446. The Balaban J connectivity index is 1.86. The smallest absolute Gasteiger partial charge is 0.162 e. The third-order valence-corrected chi connectivity index (χ3v) is 4.36. The van der Waals surface area contributed by atoms with Gasteiger partial charge in [-0.05, 0) is 27.2 Å². The third kappa shape index (κ3) is 3.51. The second kappa shape index (κ2) is 5.65. The van der Waals surface area contributed by atoms with Crippen molar-refractivity contribution in [2.45, 2.75) is 52.0 Å². The van der Waals surface area contributed by atoms with E-state index in [1.807, 2.05) is 20.0 Å². The lowest BCUT2D eigenvalue weighted by atomic mass is 10.2. The Hall–Kier alpha value is -0.490. The number of aryl methyl sites for hydroxylation is 1. The number of hydrogen-bond donors (Lipinski definition) is 1. The summed E-state index contributed by atoms with van der Waals surface area (Å²) in [5.41, 5.74) is 0. The van der Waals surface area contributed by atoms with Gasteiger partial charge in [0.05, 0.1) is 25.3 Å². The molecular weight excluding hydrogens is 248 g/mol. The van der Waals surface area contributed by atoms with Gasteiger partial charge in [0.2, 0.25) is 0 Å².